The molecule has 0 N–H and O–H groups in total. The molecular formula is C4H2NiO4. The smallest absolute Gasteiger partial charge is 0.545 e. The van der Waals surface area contributed by atoms with E-state index in [9.17, 15) is 19.8 Å². The van der Waals surface area contributed by atoms with Crippen LogP contribution in [0.4, 0.5) is 0 Å². The molecule has 0 saturated heterocycles. The van der Waals surface area contributed by atoms with Gasteiger partial charge in [-0.3, -0.25) is 0 Å². The van der Waals surface area contributed by atoms with Gasteiger partial charge in [0.2, 0.25) is 0 Å². The van der Waals surface area contributed by atoms with E-state index in [0.29, 0.717) is 12.2 Å². The molecule has 52 valence electrons. The van der Waals surface area contributed by atoms with Crippen molar-refractivity contribution in [1.29, 1.82) is 0 Å². The first-order valence-corrected chi connectivity index (χ1v) is 1.73. The van der Waals surface area contributed by atoms with Gasteiger partial charge in [-0.15, -0.1) is 0 Å². The molecule has 4 nitrogen and oxygen atoms in total. The van der Waals surface area contributed by atoms with Crippen molar-refractivity contribution >= 4 is 11.9 Å². The molecule has 0 rings (SSSR count). The van der Waals surface area contributed by atoms with Crippen LogP contribution in [0, 0.1) is 0 Å². The second-order valence-corrected chi connectivity index (χ2v) is 0.971. The fourth-order valence-electron chi connectivity index (χ4n) is 0.136. The largest absolute Gasteiger partial charge is 2.00 e. The molecule has 5 heteroatoms. The summed E-state index contributed by atoms with van der Waals surface area (Å²) in [6.45, 7) is 0. The minimum absolute atomic E-state index is 0. The molecule has 0 amide bonds. The van der Waals surface area contributed by atoms with E-state index < -0.39 is 11.9 Å². The number of carbonyl (C=O) groups is 2. The van der Waals surface area contributed by atoms with Crippen molar-refractivity contribution in [2.45, 2.75) is 0 Å². The number of carboxylic acids is 2. The first-order chi connectivity index (χ1) is 3.63. The van der Waals surface area contributed by atoms with Gasteiger partial charge in [-0.1, -0.05) is 0 Å². The van der Waals surface area contributed by atoms with E-state index in [1.165, 1.54) is 0 Å². The fourth-order valence-corrected chi connectivity index (χ4v) is 0.136. The first-order valence-electron chi connectivity index (χ1n) is 1.73. The third-order valence-electron chi connectivity index (χ3n) is 0.355. The molecule has 0 aromatic carbocycles. The van der Waals surface area contributed by atoms with E-state index in [1.54, 1.807) is 0 Å². The van der Waals surface area contributed by atoms with Crippen molar-refractivity contribution < 1.29 is 36.3 Å². The Bertz CT molecular complexity index is 124. The van der Waals surface area contributed by atoms with Crippen LogP contribution < -0.4 is 10.2 Å². The molecule has 9 heavy (non-hydrogen) atoms. The van der Waals surface area contributed by atoms with Crippen LogP contribution in [0.2, 0.25) is 0 Å². The molecule has 0 atom stereocenters. The zero-order valence-corrected chi connectivity index (χ0v) is 5.09. The molecule has 0 aromatic rings. The van der Waals surface area contributed by atoms with Gasteiger partial charge >= 0.3 is 16.5 Å². The Balaban J connectivity index is 0. The minimum atomic E-state index is -1.55. The van der Waals surface area contributed by atoms with Gasteiger partial charge in [-0.2, -0.15) is 0 Å². The Morgan fingerprint density at radius 1 is 1.00 bits per heavy atom. The summed E-state index contributed by atoms with van der Waals surface area (Å²) >= 11 is 0. The first kappa shape index (κ1) is 11.0. The van der Waals surface area contributed by atoms with Crippen LogP contribution in [0.3, 0.4) is 0 Å². The molecule has 0 saturated carbocycles. The molecular weight excluding hydrogens is 171 g/mol. The topological polar surface area (TPSA) is 80.3 Å². The predicted molar refractivity (Wildman–Crippen MR) is 19.2 cm³/mol. The molecule has 0 aliphatic heterocycles. The Hall–Kier alpha value is -0.826. The van der Waals surface area contributed by atoms with Crippen molar-refractivity contribution in [3.05, 3.63) is 12.2 Å². The van der Waals surface area contributed by atoms with Gasteiger partial charge in [0.1, 0.15) is 0 Å². The van der Waals surface area contributed by atoms with Gasteiger partial charge in [0.15, 0.2) is 0 Å². The summed E-state index contributed by atoms with van der Waals surface area (Å²) in [7, 11) is 0. The number of aliphatic carboxylic acids is 2. The van der Waals surface area contributed by atoms with Crippen LogP contribution in [0.5, 0.6) is 0 Å². The summed E-state index contributed by atoms with van der Waals surface area (Å²) in [6.07, 6.45) is 0.769. The number of hydrogen-bond donors (Lipinski definition) is 0. The van der Waals surface area contributed by atoms with Crippen LogP contribution in [0.1, 0.15) is 0 Å². The average Bonchev–Trinajstić information content (AvgIpc) is 1.61. The number of carbonyl (C=O) groups excluding carboxylic acids is 2. The molecule has 0 spiro atoms. The summed E-state index contributed by atoms with van der Waals surface area (Å²) in [5, 5.41) is 18.8. The molecule has 0 aromatic heterocycles. The normalized spacial score (nSPS) is 8.44. The third-order valence-corrected chi connectivity index (χ3v) is 0.355. The molecule has 0 bridgehead atoms. The maximum Gasteiger partial charge on any atom is 2.00 e. The summed E-state index contributed by atoms with van der Waals surface area (Å²) in [5.74, 6) is -3.09. The standard InChI is InChI=1S/C4H4O4.Ni/c5-3(6)1-2-4(7)8;/h1-2H,(H,5,6)(H,7,8);/q;+2/p-2/b2-1-;. The van der Waals surface area contributed by atoms with Crippen LogP contribution in [-0.2, 0) is 26.1 Å². The number of hydrogen-bond acceptors (Lipinski definition) is 4. The Kier molecular flexibility index (Phi) is 6.51. The maximum atomic E-state index is 9.41. The van der Waals surface area contributed by atoms with Crippen molar-refractivity contribution in [2.24, 2.45) is 0 Å². The summed E-state index contributed by atoms with van der Waals surface area (Å²) in [6, 6.07) is 0. The average molecular weight is 173 g/mol. The summed E-state index contributed by atoms with van der Waals surface area (Å²) in [5.41, 5.74) is 0. The third kappa shape index (κ3) is 11.0. The SMILES string of the molecule is O=C([O-])/C=C\C(=O)[O-].[Ni+2]. The quantitative estimate of drug-likeness (QED) is 0.330. The van der Waals surface area contributed by atoms with Gasteiger partial charge in [-0.05, 0) is 12.2 Å². The van der Waals surface area contributed by atoms with E-state index >= 15 is 0 Å². The molecule has 0 fully saturated rings. The van der Waals surface area contributed by atoms with Crippen LogP contribution in [-0.4, -0.2) is 11.9 Å². The van der Waals surface area contributed by atoms with Crippen LogP contribution >= 0.6 is 0 Å². The van der Waals surface area contributed by atoms with Gasteiger partial charge in [-0.25, -0.2) is 0 Å². The Labute approximate surface area is 61.1 Å². The second kappa shape index (κ2) is 5.31. The van der Waals surface area contributed by atoms with Crippen molar-refractivity contribution in [2.75, 3.05) is 0 Å². The molecule has 0 radical (unpaired) electrons. The molecule has 0 aliphatic rings. The van der Waals surface area contributed by atoms with Gasteiger partial charge in [0.05, 0.1) is 11.9 Å². The summed E-state index contributed by atoms with van der Waals surface area (Å²) < 4.78 is 0. The Morgan fingerprint density at radius 2 is 1.22 bits per heavy atom. The molecule has 0 heterocycles. The molecule has 0 unspecified atom stereocenters. The summed E-state index contributed by atoms with van der Waals surface area (Å²) in [4.78, 5) is 18.8. The molecule has 0 aliphatic carbocycles. The second-order valence-electron chi connectivity index (χ2n) is 0.971. The minimum Gasteiger partial charge on any atom is -0.545 e. The van der Waals surface area contributed by atoms with Crippen LogP contribution in [0.25, 0.3) is 0 Å². The van der Waals surface area contributed by atoms with Crippen LogP contribution in [0.15, 0.2) is 12.2 Å². The van der Waals surface area contributed by atoms with Crippen molar-refractivity contribution in [3.63, 3.8) is 0 Å². The van der Waals surface area contributed by atoms with Crippen molar-refractivity contribution in [3.8, 4) is 0 Å². The predicted octanol–water partition coefficient (Wildman–Crippen LogP) is -2.96. The van der Waals surface area contributed by atoms with E-state index in [0.717, 1.165) is 0 Å². The van der Waals surface area contributed by atoms with E-state index in [2.05, 4.69) is 0 Å². The van der Waals surface area contributed by atoms with Gasteiger partial charge in [0.25, 0.3) is 0 Å². The zero-order chi connectivity index (χ0) is 6.57. The van der Waals surface area contributed by atoms with E-state index in [-0.39, 0.29) is 16.5 Å². The maximum absolute atomic E-state index is 9.41. The number of rotatable bonds is 2. The Morgan fingerprint density at radius 3 is 1.33 bits per heavy atom. The fraction of sp³-hybridized carbons (Fsp3) is 0. The van der Waals surface area contributed by atoms with E-state index in [4.69, 9.17) is 0 Å². The van der Waals surface area contributed by atoms with E-state index in [1.807, 2.05) is 0 Å². The number of carboxylic acid groups (broad SMARTS) is 2. The van der Waals surface area contributed by atoms with Crippen molar-refractivity contribution in [1.82, 2.24) is 0 Å². The zero-order valence-electron chi connectivity index (χ0n) is 4.10. The monoisotopic (exact) mass is 172 g/mol. The van der Waals surface area contributed by atoms with Gasteiger partial charge < -0.3 is 19.8 Å². The van der Waals surface area contributed by atoms with Gasteiger partial charge in [0, 0.05) is 0 Å².